The molecule has 2 aromatic carbocycles. The molecule has 0 N–H and O–H groups in total. The second kappa shape index (κ2) is 16.9. The number of fused-ring (bicyclic) bond motifs is 2. The van der Waals surface area contributed by atoms with Crippen molar-refractivity contribution in [2.45, 2.75) is 64.7 Å². The van der Waals surface area contributed by atoms with Crippen molar-refractivity contribution >= 4 is 35.4 Å². The number of hydrogen-bond acceptors (Lipinski definition) is 8. The molecular weight excluding hydrogens is 733 g/mol. The zero-order chi connectivity index (χ0) is 41.1. The molecular formula is C46H46N6O6. The van der Waals surface area contributed by atoms with Crippen LogP contribution in [0.15, 0.2) is 122 Å². The number of hydrogen-bond donors (Lipinski definition) is 0. The van der Waals surface area contributed by atoms with Crippen molar-refractivity contribution in [2.75, 3.05) is 13.1 Å². The van der Waals surface area contributed by atoms with Crippen LogP contribution in [0.2, 0.25) is 0 Å². The van der Waals surface area contributed by atoms with E-state index in [1.807, 2.05) is 76.3 Å². The first-order valence-corrected chi connectivity index (χ1v) is 19.7. The number of imide groups is 2. The summed E-state index contributed by atoms with van der Waals surface area (Å²) < 4.78 is 0. The number of rotatable bonds is 8. The van der Waals surface area contributed by atoms with E-state index in [4.69, 9.17) is 0 Å². The molecule has 296 valence electrons. The predicted molar refractivity (Wildman–Crippen MR) is 216 cm³/mol. The van der Waals surface area contributed by atoms with E-state index in [9.17, 15) is 28.8 Å². The molecule has 4 aliphatic rings. The van der Waals surface area contributed by atoms with E-state index in [0.717, 1.165) is 20.9 Å². The lowest BCUT2D eigenvalue weighted by atomic mass is 9.95. The molecule has 0 fully saturated rings. The van der Waals surface area contributed by atoms with Gasteiger partial charge >= 0.3 is 0 Å². The summed E-state index contributed by atoms with van der Waals surface area (Å²) in [5.74, 6) is -2.46. The number of nitrogens with zero attached hydrogens (tertiary/aromatic N) is 6. The van der Waals surface area contributed by atoms with Crippen LogP contribution in [0.4, 0.5) is 0 Å². The molecule has 4 atom stereocenters. The van der Waals surface area contributed by atoms with E-state index in [1.54, 1.807) is 83.1 Å². The second-order valence-corrected chi connectivity index (χ2v) is 15.4. The Bertz CT molecular complexity index is 2060. The molecule has 12 heteroatoms. The Hall–Kier alpha value is -6.56. The number of amides is 6. The largest absolute Gasteiger partial charge is 0.330 e. The molecule has 0 saturated heterocycles. The van der Waals surface area contributed by atoms with E-state index < -0.39 is 35.7 Å². The van der Waals surface area contributed by atoms with Gasteiger partial charge in [0.1, 0.15) is 12.1 Å². The van der Waals surface area contributed by atoms with Crippen molar-refractivity contribution in [3.63, 3.8) is 0 Å². The van der Waals surface area contributed by atoms with Gasteiger partial charge in [0.05, 0.1) is 34.3 Å². The highest BCUT2D eigenvalue weighted by Gasteiger charge is 2.47. The number of carbonyl (C=O) groups excluding carboxylic acids is 6. The fraction of sp³-hybridized carbons (Fsp3) is 0.304. The summed E-state index contributed by atoms with van der Waals surface area (Å²) in [6, 6.07) is 19.0. The van der Waals surface area contributed by atoms with Crippen molar-refractivity contribution in [1.29, 1.82) is 0 Å². The van der Waals surface area contributed by atoms with Gasteiger partial charge in [0.15, 0.2) is 0 Å². The molecule has 0 aliphatic carbocycles. The van der Waals surface area contributed by atoms with Gasteiger partial charge in [-0.15, -0.1) is 0 Å². The molecule has 8 rings (SSSR count). The van der Waals surface area contributed by atoms with E-state index in [1.165, 1.54) is 0 Å². The summed E-state index contributed by atoms with van der Waals surface area (Å²) in [6.45, 7) is 8.33. The van der Waals surface area contributed by atoms with Gasteiger partial charge in [0.2, 0.25) is 11.8 Å². The third-order valence-electron chi connectivity index (χ3n) is 11.1. The molecule has 4 aromatic rings. The Morgan fingerprint density at radius 3 is 1.16 bits per heavy atom. The van der Waals surface area contributed by atoms with E-state index in [2.05, 4.69) is 9.97 Å². The first-order valence-electron chi connectivity index (χ1n) is 19.7. The predicted octanol–water partition coefficient (Wildman–Crippen LogP) is 6.46. The van der Waals surface area contributed by atoms with Crippen molar-refractivity contribution in [3.05, 3.63) is 155 Å². The fourth-order valence-corrected chi connectivity index (χ4v) is 8.25. The lowest BCUT2D eigenvalue weighted by molar-refractivity contribution is -0.139. The quantitative estimate of drug-likeness (QED) is 0.147. The van der Waals surface area contributed by atoms with Crippen LogP contribution < -0.4 is 0 Å². The minimum Gasteiger partial charge on any atom is -0.330 e. The zero-order valence-corrected chi connectivity index (χ0v) is 33.0. The first kappa shape index (κ1) is 39.7. The number of aromatic nitrogens is 2. The van der Waals surface area contributed by atoms with Gasteiger partial charge in [0, 0.05) is 37.9 Å². The van der Waals surface area contributed by atoms with Gasteiger partial charge in [-0.05, 0) is 72.2 Å². The van der Waals surface area contributed by atoms with Crippen LogP contribution in [0.1, 0.15) is 105 Å². The molecule has 4 aliphatic heterocycles. The maximum Gasteiger partial charge on any atom is 0.262 e. The molecule has 6 amide bonds. The van der Waals surface area contributed by atoms with Crippen molar-refractivity contribution in [1.82, 2.24) is 29.6 Å². The summed E-state index contributed by atoms with van der Waals surface area (Å²) >= 11 is 0. The topological polar surface area (TPSA) is 141 Å². The Kier molecular flexibility index (Phi) is 11.6. The average molecular weight is 779 g/mol. The average Bonchev–Trinajstić information content (AvgIpc) is 3.65. The summed E-state index contributed by atoms with van der Waals surface area (Å²) in [5.41, 5.74) is 3.32. The number of carbonyl (C=O) groups is 6. The molecule has 2 aromatic heterocycles. The third-order valence-corrected chi connectivity index (χ3v) is 11.1. The number of pyridine rings is 2. The van der Waals surface area contributed by atoms with Crippen LogP contribution >= 0.6 is 0 Å². The lowest BCUT2D eigenvalue weighted by Crippen LogP contribution is -2.54. The summed E-state index contributed by atoms with van der Waals surface area (Å²) in [6.07, 6.45) is 16.3. The summed E-state index contributed by atoms with van der Waals surface area (Å²) in [7, 11) is 0. The Labute approximate surface area is 337 Å². The fourth-order valence-electron chi connectivity index (χ4n) is 8.25. The van der Waals surface area contributed by atoms with Crippen LogP contribution in [0.3, 0.4) is 0 Å². The maximum absolute atomic E-state index is 13.7. The second-order valence-electron chi connectivity index (χ2n) is 15.4. The van der Waals surface area contributed by atoms with Gasteiger partial charge in [-0.25, -0.2) is 0 Å². The standard InChI is InChI=1S/2C23H23N3O3/c2*1-15(2)20(26-21(27)17-9-3-4-10-18(17)22(26)28)23(29)25-13-6-5-11-19(25)16-8-7-12-24-14-16/h2*3-10,12,14-15,19-20H,11,13H2,1-2H3/t19-,20+;19-,20-/m10/s1. The monoisotopic (exact) mass is 778 g/mol. The first-order chi connectivity index (χ1) is 28.0. The summed E-state index contributed by atoms with van der Waals surface area (Å²) in [5, 5.41) is 0. The number of benzene rings is 2. The SMILES string of the molecule is CC(C)[C@@H](C(=O)N1CC=CC[C@@H]1c1cccnc1)N1C(=O)c2ccccc2C1=O.CC(C)[C@@H](C(=O)N1CC=CC[C@H]1c1cccnc1)N1C(=O)c2ccccc2C1=O. The van der Waals surface area contributed by atoms with Gasteiger partial charge < -0.3 is 9.80 Å². The smallest absolute Gasteiger partial charge is 0.262 e. The van der Waals surface area contributed by atoms with E-state index in [-0.39, 0.29) is 35.7 Å². The molecule has 6 heterocycles. The Morgan fingerprint density at radius 2 is 0.862 bits per heavy atom. The molecule has 12 nitrogen and oxygen atoms in total. The van der Waals surface area contributed by atoms with Crippen molar-refractivity contribution in [3.8, 4) is 0 Å². The zero-order valence-electron chi connectivity index (χ0n) is 33.0. The Balaban J connectivity index is 0.000000177. The minimum absolute atomic E-state index is 0.169. The van der Waals surface area contributed by atoms with Crippen LogP contribution in [-0.4, -0.2) is 90.2 Å². The van der Waals surface area contributed by atoms with Crippen molar-refractivity contribution < 1.29 is 28.8 Å². The summed E-state index contributed by atoms with van der Waals surface area (Å²) in [4.78, 5) is 93.5. The maximum atomic E-state index is 13.7. The van der Waals surface area contributed by atoms with Crippen LogP contribution in [0.25, 0.3) is 0 Å². The van der Waals surface area contributed by atoms with Gasteiger partial charge in [-0.2, -0.15) is 0 Å². The molecule has 0 saturated carbocycles. The normalized spacial score (nSPS) is 19.6. The van der Waals surface area contributed by atoms with Gasteiger partial charge in [-0.1, -0.05) is 88.4 Å². The Morgan fingerprint density at radius 1 is 0.517 bits per heavy atom. The minimum atomic E-state index is -0.854. The van der Waals surface area contributed by atoms with Gasteiger partial charge in [0.25, 0.3) is 23.6 Å². The van der Waals surface area contributed by atoms with Crippen LogP contribution in [0.5, 0.6) is 0 Å². The molecule has 0 bridgehead atoms. The van der Waals surface area contributed by atoms with E-state index in [0.29, 0.717) is 48.2 Å². The van der Waals surface area contributed by atoms with Crippen LogP contribution in [0, 0.1) is 11.8 Å². The highest BCUT2D eigenvalue weighted by molar-refractivity contribution is 6.23. The highest BCUT2D eigenvalue weighted by Crippen LogP contribution is 2.35. The molecule has 0 unspecified atom stereocenters. The molecule has 0 spiro atoms. The lowest BCUT2D eigenvalue weighted by Gasteiger charge is -2.38. The van der Waals surface area contributed by atoms with Crippen molar-refractivity contribution in [2.24, 2.45) is 11.8 Å². The van der Waals surface area contributed by atoms with Gasteiger partial charge in [-0.3, -0.25) is 48.5 Å². The van der Waals surface area contributed by atoms with Crippen LogP contribution in [-0.2, 0) is 9.59 Å². The molecule has 0 radical (unpaired) electrons. The third kappa shape index (κ3) is 7.37. The van der Waals surface area contributed by atoms with E-state index >= 15 is 0 Å². The highest BCUT2D eigenvalue weighted by atomic mass is 16.2. The molecule has 58 heavy (non-hydrogen) atoms.